The number of hydrogen-bond acceptors (Lipinski definition) is 9. The molecular weight excluding hydrogens is 458 g/mol. The van der Waals surface area contributed by atoms with Crippen LogP contribution in [0.25, 0.3) is 0 Å². The number of methoxy groups -OCH3 is 1. The number of carbonyl (C=O) groups is 3. The summed E-state index contributed by atoms with van der Waals surface area (Å²) in [4.78, 5) is 47.4. The summed E-state index contributed by atoms with van der Waals surface area (Å²) in [5.74, 6) is -1.03. The zero-order valence-corrected chi connectivity index (χ0v) is 19.5. The van der Waals surface area contributed by atoms with Crippen LogP contribution < -0.4 is 15.0 Å². The molecule has 35 heavy (non-hydrogen) atoms. The molecule has 0 saturated heterocycles. The number of rotatable bonds is 13. The molecule has 11 nitrogen and oxygen atoms in total. The molecule has 0 saturated carbocycles. The van der Waals surface area contributed by atoms with Gasteiger partial charge in [-0.2, -0.15) is 0 Å². The van der Waals surface area contributed by atoms with Gasteiger partial charge in [0, 0.05) is 37.8 Å². The molecule has 1 amide bonds. The highest BCUT2D eigenvalue weighted by atomic mass is 16.6. The number of nitro groups is 1. The van der Waals surface area contributed by atoms with E-state index in [1.54, 1.807) is 24.3 Å². The van der Waals surface area contributed by atoms with Crippen LogP contribution in [0.15, 0.2) is 55.1 Å². The van der Waals surface area contributed by atoms with Crippen molar-refractivity contribution >= 4 is 34.9 Å². The third-order valence-corrected chi connectivity index (χ3v) is 4.67. The molecule has 0 spiro atoms. The van der Waals surface area contributed by atoms with Crippen molar-refractivity contribution in [3.05, 3.63) is 70.8 Å². The fourth-order valence-corrected chi connectivity index (χ4v) is 3.04. The maximum absolute atomic E-state index is 12.2. The average Bonchev–Trinajstić information content (AvgIpc) is 2.83. The van der Waals surface area contributed by atoms with Gasteiger partial charge in [-0.05, 0) is 35.9 Å². The molecule has 0 radical (unpaired) electrons. The lowest BCUT2D eigenvalue weighted by molar-refractivity contribution is -0.384. The Morgan fingerprint density at radius 1 is 1.11 bits per heavy atom. The standard InChI is InChI=1S/C24H27N3O8/c1-4-12-26(21-14-19(25-17(2)28)7-10-22(21)33-3)13-11-23(29)35-16-24(30)34-15-18-5-8-20(9-6-18)27(31)32/h4-10,14H,1,11-13,15-16H2,2-3H3,(H,25,28). The molecular formula is C24H27N3O8. The van der Waals surface area contributed by atoms with Crippen LogP contribution >= 0.6 is 0 Å². The Morgan fingerprint density at radius 2 is 1.83 bits per heavy atom. The van der Waals surface area contributed by atoms with E-state index in [4.69, 9.17) is 14.2 Å². The summed E-state index contributed by atoms with van der Waals surface area (Å²) < 4.78 is 15.4. The van der Waals surface area contributed by atoms with Crippen molar-refractivity contribution in [1.29, 1.82) is 0 Å². The largest absolute Gasteiger partial charge is 0.495 e. The van der Waals surface area contributed by atoms with Crippen molar-refractivity contribution in [2.45, 2.75) is 20.0 Å². The van der Waals surface area contributed by atoms with Gasteiger partial charge in [-0.25, -0.2) is 4.79 Å². The Labute approximate surface area is 202 Å². The number of nitrogens with zero attached hydrogens (tertiary/aromatic N) is 2. The zero-order chi connectivity index (χ0) is 25.8. The monoisotopic (exact) mass is 485 g/mol. The van der Waals surface area contributed by atoms with Gasteiger partial charge in [-0.15, -0.1) is 6.58 Å². The van der Waals surface area contributed by atoms with E-state index in [0.717, 1.165) is 0 Å². The minimum Gasteiger partial charge on any atom is -0.495 e. The van der Waals surface area contributed by atoms with Crippen molar-refractivity contribution in [2.75, 3.05) is 37.0 Å². The molecule has 1 N–H and O–H groups in total. The van der Waals surface area contributed by atoms with Gasteiger partial charge < -0.3 is 24.4 Å². The quantitative estimate of drug-likeness (QED) is 0.196. The van der Waals surface area contributed by atoms with Gasteiger partial charge in [-0.3, -0.25) is 19.7 Å². The lowest BCUT2D eigenvalue weighted by Crippen LogP contribution is -2.28. The Morgan fingerprint density at radius 3 is 2.43 bits per heavy atom. The third kappa shape index (κ3) is 8.80. The van der Waals surface area contributed by atoms with Crippen molar-refractivity contribution in [2.24, 2.45) is 0 Å². The van der Waals surface area contributed by atoms with E-state index in [0.29, 0.717) is 29.2 Å². The summed E-state index contributed by atoms with van der Waals surface area (Å²) >= 11 is 0. The summed E-state index contributed by atoms with van der Waals surface area (Å²) in [5, 5.41) is 13.4. The Kier molecular flexibility index (Phi) is 10.2. The lowest BCUT2D eigenvalue weighted by Gasteiger charge is -2.25. The fourth-order valence-electron chi connectivity index (χ4n) is 3.04. The second-order valence-electron chi connectivity index (χ2n) is 7.30. The molecule has 186 valence electrons. The van der Waals surface area contributed by atoms with Crippen LogP contribution in [0, 0.1) is 10.1 Å². The van der Waals surface area contributed by atoms with Gasteiger partial charge in [0.25, 0.3) is 5.69 Å². The van der Waals surface area contributed by atoms with Crippen molar-refractivity contribution in [3.8, 4) is 5.75 Å². The fraction of sp³-hybridized carbons (Fsp3) is 0.292. The Balaban J connectivity index is 1.87. The number of nitro benzene ring substituents is 1. The first kappa shape index (κ1) is 26.8. The van der Waals surface area contributed by atoms with Crippen LogP contribution in [0.3, 0.4) is 0 Å². The predicted octanol–water partition coefficient (Wildman–Crippen LogP) is 3.23. The summed E-state index contributed by atoms with van der Waals surface area (Å²) in [5.41, 5.74) is 1.71. The number of ether oxygens (including phenoxy) is 3. The number of anilines is 2. The molecule has 2 rings (SSSR count). The van der Waals surface area contributed by atoms with Gasteiger partial charge in [0.1, 0.15) is 12.4 Å². The number of nitrogens with one attached hydrogen (secondary N) is 1. The first-order chi connectivity index (χ1) is 16.7. The number of benzene rings is 2. The molecule has 0 aliphatic rings. The maximum atomic E-state index is 12.2. The summed E-state index contributed by atoms with van der Waals surface area (Å²) in [6.07, 6.45) is 1.63. The van der Waals surface area contributed by atoms with Gasteiger partial charge in [0.05, 0.1) is 24.1 Å². The van der Waals surface area contributed by atoms with E-state index < -0.39 is 23.5 Å². The first-order valence-corrected chi connectivity index (χ1v) is 10.6. The maximum Gasteiger partial charge on any atom is 0.344 e. The van der Waals surface area contributed by atoms with Crippen LogP contribution in [0.5, 0.6) is 5.75 Å². The van der Waals surface area contributed by atoms with Crippen molar-refractivity contribution < 1.29 is 33.5 Å². The predicted molar refractivity (Wildman–Crippen MR) is 128 cm³/mol. The van der Waals surface area contributed by atoms with E-state index in [-0.39, 0.29) is 31.2 Å². The Bertz CT molecular complexity index is 1070. The van der Waals surface area contributed by atoms with Crippen molar-refractivity contribution in [3.63, 3.8) is 0 Å². The Hall–Kier alpha value is -4.41. The summed E-state index contributed by atoms with van der Waals surface area (Å²) in [6.45, 7) is 5.10. The highest BCUT2D eigenvalue weighted by Crippen LogP contribution is 2.31. The number of esters is 2. The molecule has 0 bridgehead atoms. The molecule has 0 aliphatic carbocycles. The summed E-state index contributed by atoms with van der Waals surface area (Å²) in [6, 6.07) is 10.7. The van der Waals surface area contributed by atoms with Crippen LogP contribution in [-0.2, 0) is 30.5 Å². The van der Waals surface area contributed by atoms with Crippen LogP contribution in [-0.4, -0.2) is 49.6 Å². The first-order valence-electron chi connectivity index (χ1n) is 10.6. The SMILES string of the molecule is C=CCN(CCC(=O)OCC(=O)OCc1ccc([N+](=O)[O-])cc1)c1cc(NC(C)=O)ccc1OC. The minimum absolute atomic E-state index is 0.0308. The molecule has 0 fully saturated rings. The van der Waals surface area contributed by atoms with E-state index in [1.807, 2.05) is 4.90 Å². The normalized spacial score (nSPS) is 10.1. The van der Waals surface area contributed by atoms with Crippen LogP contribution in [0.2, 0.25) is 0 Å². The van der Waals surface area contributed by atoms with E-state index in [1.165, 1.54) is 38.3 Å². The number of hydrogen-bond donors (Lipinski definition) is 1. The molecule has 2 aromatic carbocycles. The van der Waals surface area contributed by atoms with Crippen LogP contribution in [0.4, 0.5) is 17.1 Å². The molecule has 0 aliphatic heterocycles. The number of carbonyl (C=O) groups excluding carboxylic acids is 3. The minimum atomic E-state index is -0.746. The highest BCUT2D eigenvalue weighted by molar-refractivity contribution is 5.89. The molecule has 0 atom stereocenters. The van der Waals surface area contributed by atoms with E-state index in [2.05, 4.69) is 11.9 Å². The lowest BCUT2D eigenvalue weighted by atomic mass is 10.2. The second-order valence-corrected chi connectivity index (χ2v) is 7.30. The zero-order valence-electron chi connectivity index (χ0n) is 19.5. The third-order valence-electron chi connectivity index (χ3n) is 4.67. The van der Waals surface area contributed by atoms with Gasteiger partial charge in [0.15, 0.2) is 6.61 Å². The molecule has 2 aromatic rings. The summed E-state index contributed by atoms with van der Waals surface area (Å²) in [7, 11) is 1.51. The van der Waals surface area contributed by atoms with Crippen LogP contribution in [0.1, 0.15) is 18.9 Å². The average molecular weight is 485 g/mol. The van der Waals surface area contributed by atoms with E-state index in [9.17, 15) is 24.5 Å². The number of non-ortho nitro benzene ring substituents is 1. The molecule has 11 heteroatoms. The van der Waals surface area contributed by atoms with Gasteiger partial charge in [0.2, 0.25) is 5.91 Å². The topological polar surface area (TPSA) is 137 Å². The smallest absolute Gasteiger partial charge is 0.344 e. The van der Waals surface area contributed by atoms with Gasteiger partial charge in [-0.1, -0.05) is 6.08 Å². The van der Waals surface area contributed by atoms with Gasteiger partial charge >= 0.3 is 11.9 Å². The molecule has 0 unspecified atom stereocenters. The number of amides is 1. The second kappa shape index (κ2) is 13.3. The van der Waals surface area contributed by atoms with E-state index >= 15 is 0 Å². The highest BCUT2D eigenvalue weighted by Gasteiger charge is 2.16. The molecule has 0 aromatic heterocycles. The van der Waals surface area contributed by atoms with Crippen molar-refractivity contribution in [1.82, 2.24) is 0 Å². The molecule has 0 heterocycles.